The predicted octanol–water partition coefficient (Wildman–Crippen LogP) is 3.03. The summed E-state index contributed by atoms with van der Waals surface area (Å²) in [5.41, 5.74) is 7.81. The van der Waals surface area contributed by atoms with Crippen LogP contribution in [0.1, 0.15) is 19.3 Å². The summed E-state index contributed by atoms with van der Waals surface area (Å²) in [5, 5.41) is 14.9. The highest BCUT2D eigenvalue weighted by molar-refractivity contribution is 7.89. The van der Waals surface area contributed by atoms with E-state index in [2.05, 4.69) is 21.1 Å². The molecule has 168 valence electrons. The summed E-state index contributed by atoms with van der Waals surface area (Å²) in [6.45, 7) is 1.57. The quantitative estimate of drug-likeness (QED) is 0.319. The van der Waals surface area contributed by atoms with Gasteiger partial charge in [0, 0.05) is 25.3 Å². The highest BCUT2D eigenvalue weighted by atomic mass is 35.5. The molecule has 11 heteroatoms. The SMILES string of the molecule is CNS(=O)(=O)CC1=CCC(=CN2CCC(Nc3c(Cl)ccc(N)c3[N+](=O)[O-])CC2)C=C1. The number of nitrogen functional groups attached to an aromatic ring is 1. The van der Waals surface area contributed by atoms with Gasteiger partial charge in [-0.2, -0.15) is 0 Å². The molecule has 1 aromatic rings. The minimum atomic E-state index is -3.28. The maximum Gasteiger partial charge on any atom is 0.316 e. The maximum atomic E-state index is 11.7. The van der Waals surface area contributed by atoms with E-state index in [1.165, 1.54) is 13.1 Å². The van der Waals surface area contributed by atoms with Crippen LogP contribution in [0.15, 0.2) is 47.7 Å². The number of allylic oxidation sites excluding steroid dienone is 4. The third-order valence-corrected chi connectivity index (χ3v) is 7.00. The average Bonchev–Trinajstić information content (AvgIpc) is 2.73. The van der Waals surface area contributed by atoms with Crippen molar-refractivity contribution in [2.45, 2.75) is 25.3 Å². The van der Waals surface area contributed by atoms with Crippen LogP contribution in [0.25, 0.3) is 0 Å². The van der Waals surface area contributed by atoms with Crippen molar-refractivity contribution in [2.24, 2.45) is 0 Å². The molecule has 1 saturated heterocycles. The molecule has 0 amide bonds. The Hall–Kier alpha value is -2.56. The number of piperidine rings is 1. The van der Waals surface area contributed by atoms with Crippen LogP contribution in [0, 0.1) is 10.1 Å². The van der Waals surface area contributed by atoms with E-state index in [0.29, 0.717) is 6.42 Å². The number of nitrogens with two attached hydrogens (primary N) is 1. The third kappa shape index (κ3) is 5.99. The molecular weight excluding hydrogens is 442 g/mol. The van der Waals surface area contributed by atoms with Gasteiger partial charge in [-0.25, -0.2) is 13.1 Å². The number of nitrogens with one attached hydrogen (secondary N) is 2. The Morgan fingerprint density at radius 2 is 2.03 bits per heavy atom. The van der Waals surface area contributed by atoms with Crippen LogP contribution in [0.3, 0.4) is 0 Å². The normalized spacial score (nSPS) is 18.8. The van der Waals surface area contributed by atoms with Crippen LogP contribution in [-0.2, 0) is 10.0 Å². The van der Waals surface area contributed by atoms with E-state index in [0.717, 1.165) is 37.1 Å². The molecule has 2 aliphatic rings. The van der Waals surface area contributed by atoms with Crippen LogP contribution < -0.4 is 15.8 Å². The maximum absolute atomic E-state index is 11.7. The molecule has 4 N–H and O–H groups in total. The zero-order valence-corrected chi connectivity index (χ0v) is 18.7. The molecule has 9 nitrogen and oxygen atoms in total. The van der Waals surface area contributed by atoms with Gasteiger partial charge in [0.25, 0.3) is 0 Å². The standard InChI is InChI=1S/C20H26ClN5O4S/c1-23-31(29,30)13-15-4-2-14(3-5-15)12-25-10-8-16(9-11-25)24-19-17(21)6-7-18(22)20(19)26(27)28/h2,4-7,12,16,23-24H,3,8-11,13,22H2,1H3. The number of nitro groups is 1. The molecule has 1 aromatic carbocycles. The Balaban J connectivity index is 1.57. The van der Waals surface area contributed by atoms with Gasteiger partial charge >= 0.3 is 5.69 Å². The molecule has 0 bridgehead atoms. The molecule has 1 aliphatic heterocycles. The van der Waals surface area contributed by atoms with Gasteiger partial charge in [0.2, 0.25) is 10.0 Å². The first-order valence-electron chi connectivity index (χ1n) is 9.90. The lowest BCUT2D eigenvalue weighted by Gasteiger charge is -2.33. The summed E-state index contributed by atoms with van der Waals surface area (Å²) in [6.07, 6.45) is 10.0. The number of likely N-dealkylation sites (tertiary alicyclic amines) is 1. The van der Waals surface area contributed by atoms with Gasteiger partial charge in [0.05, 0.1) is 15.7 Å². The van der Waals surface area contributed by atoms with E-state index in [1.54, 1.807) is 6.07 Å². The van der Waals surface area contributed by atoms with E-state index in [-0.39, 0.29) is 33.9 Å². The number of rotatable bonds is 7. The lowest BCUT2D eigenvalue weighted by atomic mass is 10.0. The molecular formula is C20H26ClN5O4S. The van der Waals surface area contributed by atoms with E-state index in [4.69, 9.17) is 17.3 Å². The molecule has 0 spiro atoms. The van der Waals surface area contributed by atoms with Gasteiger partial charge in [-0.15, -0.1) is 0 Å². The van der Waals surface area contributed by atoms with Crippen molar-refractivity contribution in [3.63, 3.8) is 0 Å². The van der Waals surface area contributed by atoms with Crippen molar-refractivity contribution >= 4 is 38.7 Å². The molecule has 0 aromatic heterocycles. The fraction of sp³-hybridized carbons (Fsp3) is 0.400. The Morgan fingerprint density at radius 3 is 2.61 bits per heavy atom. The smallest absolute Gasteiger partial charge is 0.316 e. The van der Waals surface area contributed by atoms with Crippen molar-refractivity contribution in [2.75, 3.05) is 36.9 Å². The summed E-state index contributed by atoms with van der Waals surface area (Å²) in [4.78, 5) is 13.1. The van der Waals surface area contributed by atoms with Gasteiger partial charge in [-0.1, -0.05) is 29.8 Å². The summed E-state index contributed by atoms with van der Waals surface area (Å²) in [6, 6.07) is 3.05. The zero-order chi connectivity index (χ0) is 22.6. The molecule has 1 fully saturated rings. The van der Waals surface area contributed by atoms with Crippen molar-refractivity contribution in [3.05, 3.63) is 62.8 Å². The summed E-state index contributed by atoms with van der Waals surface area (Å²) in [5.74, 6) is -0.0248. The molecule has 3 rings (SSSR count). The fourth-order valence-electron chi connectivity index (χ4n) is 3.62. The largest absolute Gasteiger partial charge is 0.393 e. The Labute approximate surface area is 186 Å². The van der Waals surface area contributed by atoms with E-state index in [9.17, 15) is 18.5 Å². The topological polar surface area (TPSA) is 131 Å². The fourth-order valence-corrected chi connectivity index (χ4v) is 4.63. The number of hydrogen-bond acceptors (Lipinski definition) is 7. The van der Waals surface area contributed by atoms with E-state index >= 15 is 0 Å². The van der Waals surface area contributed by atoms with Crippen molar-refractivity contribution in [3.8, 4) is 0 Å². The first kappa shape index (κ1) is 23.1. The average molecular weight is 468 g/mol. The number of hydrogen-bond donors (Lipinski definition) is 3. The molecule has 1 aliphatic carbocycles. The summed E-state index contributed by atoms with van der Waals surface area (Å²) in [7, 11) is -1.87. The van der Waals surface area contributed by atoms with E-state index < -0.39 is 14.9 Å². The number of nitrogens with zero attached hydrogens (tertiary/aromatic N) is 2. The molecule has 0 radical (unpaired) electrons. The third-order valence-electron chi connectivity index (χ3n) is 5.35. The molecule has 0 unspecified atom stereocenters. The number of halogens is 1. The van der Waals surface area contributed by atoms with Gasteiger partial charge < -0.3 is 16.0 Å². The summed E-state index contributed by atoms with van der Waals surface area (Å²) < 4.78 is 25.6. The van der Waals surface area contributed by atoms with Crippen LogP contribution in [0.4, 0.5) is 17.1 Å². The molecule has 1 heterocycles. The number of benzene rings is 1. The monoisotopic (exact) mass is 467 g/mol. The van der Waals surface area contributed by atoms with Gasteiger partial charge in [-0.3, -0.25) is 10.1 Å². The first-order chi connectivity index (χ1) is 14.7. The highest BCUT2D eigenvalue weighted by Gasteiger charge is 2.25. The lowest BCUT2D eigenvalue weighted by Crippen LogP contribution is -2.36. The van der Waals surface area contributed by atoms with Gasteiger partial charge in [0.1, 0.15) is 11.4 Å². The summed E-state index contributed by atoms with van der Waals surface area (Å²) >= 11 is 6.19. The van der Waals surface area contributed by atoms with E-state index in [1.807, 2.05) is 18.2 Å². The predicted molar refractivity (Wildman–Crippen MR) is 124 cm³/mol. The van der Waals surface area contributed by atoms with Gasteiger partial charge in [0.15, 0.2) is 0 Å². The number of sulfonamides is 1. The minimum absolute atomic E-state index is 0.0248. The lowest BCUT2D eigenvalue weighted by molar-refractivity contribution is -0.383. The molecule has 0 saturated carbocycles. The molecule has 0 atom stereocenters. The van der Waals surface area contributed by atoms with Crippen molar-refractivity contribution in [1.29, 1.82) is 0 Å². The van der Waals surface area contributed by atoms with Gasteiger partial charge in [-0.05, 0) is 49.6 Å². The number of nitro benzene ring substituents is 1. The second-order valence-electron chi connectivity index (χ2n) is 7.56. The van der Waals surface area contributed by atoms with Crippen molar-refractivity contribution < 1.29 is 13.3 Å². The van der Waals surface area contributed by atoms with Crippen LogP contribution in [0.5, 0.6) is 0 Å². The minimum Gasteiger partial charge on any atom is -0.393 e. The van der Waals surface area contributed by atoms with Crippen LogP contribution in [0.2, 0.25) is 5.02 Å². The Bertz CT molecular complexity index is 1040. The second kappa shape index (κ2) is 9.71. The zero-order valence-electron chi connectivity index (χ0n) is 17.2. The molecule has 31 heavy (non-hydrogen) atoms. The second-order valence-corrected chi connectivity index (χ2v) is 9.89. The first-order valence-corrected chi connectivity index (χ1v) is 11.9. The number of anilines is 2. The highest BCUT2D eigenvalue weighted by Crippen LogP contribution is 2.38. The Kier molecular flexibility index (Phi) is 7.24. The Morgan fingerprint density at radius 1 is 1.32 bits per heavy atom. The van der Waals surface area contributed by atoms with Crippen LogP contribution >= 0.6 is 11.6 Å². The van der Waals surface area contributed by atoms with Crippen molar-refractivity contribution in [1.82, 2.24) is 9.62 Å². The van der Waals surface area contributed by atoms with Crippen LogP contribution in [-0.4, -0.2) is 50.2 Å².